The maximum atomic E-state index is 12.2. The predicted octanol–water partition coefficient (Wildman–Crippen LogP) is 5.16. The van der Waals surface area contributed by atoms with Crippen molar-refractivity contribution in [2.75, 3.05) is 10.6 Å². The highest BCUT2D eigenvalue weighted by Crippen LogP contribution is 2.25. The SMILES string of the molecule is CC(C)CC(=O)Nc1ccc(NC(=O)Cc2c(Cl)cccc2Cl)cc1. The lowest BCUT2D eigenvalue weighted by atomic mass is 10.1. The summed E-state index contributed by atoms with van der Waals surface area (Å²) in [5, 5.41) is 6.54. The fourth-order valence-corrected chi connectivity index (χ4v) is 2.82. The molecule has 0 bridgehead atoms. The normalized spacial score (nSPS) is 10.6. The third-order valence-electron chi connectivity index (χ3n) is 3.45. The van der Waals surface area contributed by atoms with E-state index in [1.165, 1.54) is 0 Å². The summed E-state index contributed by atoms with van der Waals surface area (Å²) >= 11 is 12.2. The van der Waals surface area contributed by atoms with Crippen LogP contribution in [0.2, 0.25) is 10.0 Å². The zero-order valence-electron chi connectivity index (χ0n) is 14.1. The van der Waals surface area contributed by atoms with Crippen LogP contribution in [-0.2, 0) is 16.0 Å². The van der Waals surface area contributed by atoms with Crippen molar-refractivity contribution in [3.63, 3.8) is 0 Å². The molecule has 0 spiro atoms. The van der Waals surface area contributed by atoms with Crippen LogP contribution in [0.1, 0.15) is 25.8 Å². The van der Waals surface area contributed by atoms with E-state index in [9.17, 15) is 9.59 Å². The van der Waals surface area contributed by atoms with Crippen LogP contribution >= 0.6 is 23.2 Å². The number of nitrogens with one attached hydrogen (secondary N) is 2. The second kappa shape index (κ2) is 8.88. The molecule has 0 fully saturated rings. The van der Waals surface area contributed by atoms with E-state index in [1.807, 2.05) is 13.8 Å². The molecule has 0 aliphatic carbocycles. The van der Waals surface area contributed by atoms with Gasteiger partial charge in [0.1, 0.15) is 0 Å². The molecule has 0 aliphatic heterocycles. The summed E-state index contributed by atoms with van der Waals surface area (Å²) < 4.78 is 0. The van der Waals surface area contributed by atoms with Crippen molar-refractivity contribution < 1.29 is 9.59 Å². The van der Waals surface area contributed by atoms with Gasteiger partial charge in [-0.1, -0.05) is 43.1 Å². The third-order valence-corrected chi connectivity index (χ3v) is 4.15. The van der Waals surface area contributed by atoms with Crippen molar-refractivity contribution in [2.45, 2.75) is 26.7 Å². The molecular formula is C19H20Cl2N2O2. The van der Waals surface area contributed by atoms with Gasteiger partial charge in [-0.2, -0.15) is 0 Å². The van der Waals surface area contributed by atoms with Gasteiger partial charge in [0.05, 0.1) is 6.42 Å². The first-order valence-corrected chi connectivity index (χ1v) is 8.73. The summed E-state index contributed by atoms with van der Waals surface area (Å²) in [4.78, 5) is 23.9. The van der Waals surface area contributed by atoms with Gasteiger partial charge in [0.15, 0.2) is 0 Å². The van der Waals surface area contributed by atoms with Gasteiger partial charge in [-0.3, -0.25) is 9.59 Å². The fourth-order valence-electron chi connectivity index (χ4n) is 2.29. The minimum absolute atomic E-state index is 0.0276. The molecule has 0 saturated heterocycles. The highest BCUT2D eigenvalue weighted by atomic mass is 35.5. The molecule has 4 nitrogen and oxygen atoms in total. The zero-order chi connectivity index (χ0) is 18.4. The van der Waals surface area contributed by atoms with E-state index in [0.717, 1.165) is 0 Å². The maximum Gasteiger partial charge on any atom is 0.228 e. The van der Waals surface area contributed by atoms with Crippen LogP contribution in [0.4, 0.5) is 11.4 Å². The number of benzene rings is 2. The maximum absolute atomic E-state index is 12.2. The molecule has 2 amide bonds. The fraction of sp³-hybridized carbons (Fsp3) is 0.263. The molecule has 0 aliphatic rings. The Morgan fingerprint density at radius 2 is 1.36 bits per heavy atom. The van der Waals surface area contributed by atoms with E-state index in [2.05, 4.69) is 10.6 Å². The van der Waals surface area contributed by atoms with Gasteiger partial charge in [-0.05, 0) is 47.9 Å². The number of hydrogen-bond donors (Lipinski definition) is 2. The number of carbonyl (C=O) groups excluding carboxylic acids is 2. The lowest BCUT2D eigenvalue weighted by Gasteiger charge is -2.10. The molecule has 25 heavy (non-hydrogen) atoms. The second-order valence-electron chi connectivity index (χ2n) is 6.15. The molecule has 2 aromatic rings. The lowest BCUT2D eigenvalue weighted by molar-refractivity contribution is -0.117. The Bertz CT molecular complexity index is 738. The van der Waals surface area contributed by atoms with Gasteiger partial charge in [0, 0.05) is 27.8 Å². The number of hydrogen-bond acceptors (Lipinski definition) is 2. The summed E-state index contributed by atoms with van der Waals surface area (Å²) in [6, 6.07) is 12.1. The largest absolute Gasteiger partial charge is 0.326 e. The van der Waals surface area contributed by atoms with Crippen LogP contribution < -0.4 is 10.6 Å². The van der Waals surface area contributed by atoms with Crippen molar-refractivity contribution in [1.29, 1.82) is 0 Å². The molecule has 132 valence electrons. The van der Waals surface area contributed by atoms with Crippen LogP contribution in [0.25, 0.3) is 0 Å². The van der Waals surface area contributed by atoms with Gasteiger partial charge in [0.25, 0.3) is 0 Å². The number of rotatable bonds is 6. The highest BCUT2D eigenvalue weighted by molar-refractivity contribution is 6.36. The Balaban J connectivity index is 1.94. The Morgan fingerprint density at radius 1 is 0.880 bits per heavy atom. The Hall–Kier alpha value is -2.04. The summed E-state index contributed by atoms with van der Waals surface area (Å²) in [6.45, 7) is 3.98. The van der Waals surface area contributed by atoms with E-state index >= 15 is 0 Å². The van der Waals surface area contributed by atoms with E-state index in [0.29, 0.717) is 39.3 Å². The van der Waals surface area contributed by atoms with Gasteiger partial charge in [0.2, 0.25) is 11.8 Å². The third kappa shape index (κ3) is 6.07. The standard InChI is InChI=1S/C19H20Cl2N2O2/c1-12(2)10-18(24)22-13-6-8-14(9-7-13)23-19(25)11-15-16(20)4-3-5-17(15)21/h3-9,12H,10-11H2,1-2H3,(H,22,24)(H,23,25). The first-order chi connectivity index (χ1) is 11.8. The Morgan fingerprint density at radius 3 is 1.84 bits per heavy atom. The molecule has 0 saturated carbocycles. The van der Waals surface area contributed by atoms with Gasteiger partial charge in [-0.25, -0.2) is 0 Å². The first-order valence-electron chi connectivity index (χ1n) is 7.98. The quantitative estimate of drug-likeness (QED) is 0.729. The Labute approximate surface area is 157 Å². The summed E-state index contributed by atoms with van der Waals surface area (Å²) in [5.41, 5.74) is 1.92. The minimum atomic E-state index is -0.216. The topological polar surface area (TPSA) is 58.2 Å². The average molecular weight is 379 g/mol. The summed E-state index contributed by atoms with van der Waals surface area (Å²) in [6.07, 6.45) is 0.558. The van der Waals surface area contributed by atoms with Gasteiger partial charge in [-0.15, -0.1) is 0 Å². The monoisotopic (exact) mass is 378 g/mol. The van der Waals surface area contributed by atoms with Crippen molar-refractivity contribution in [3.05, 3.63) is 58.1 Å². The number of anilines is 2. The van der Waals surface area contributed by atoms with Gasteiger partial charge >= 0.3 is 0 Å². The van der Waals surface area contributed by atoms with Crippen LogP contribution in [-0.4, -0.2) is 11.8 Å². The van der Waals surface area contributed by atoms with Crippen LogP contribution in [0.15, 0.2) is 42.5 Å². The molecule has 0 radical (unpaired) electrons. The van der Waals surface area contributed by atoms with E-state index in [4.69, 9.17) is 23.2 Å². The molecule has 0 heterocycles. The highest BCUT2D eigenvalue weighted by Gasteiger charge is 2.11. The van der Waals surface area contributed by atoms with Crippen LogP contribution in [0, 0.1) is 5.92 Å². The predicted molar refractivity (Wildman–Crippen MR) is 103 cm³/mol. The van der Waals surface area contributed by atoms with Crippen molar-refractivity contribution in [1.82, 2.24) is 0 Å². The lowest BCUT2D eigenvalue weighted by Crippen LogP contribution is -2.15. The Kier molecular flexibility index (Phi) is 6.85. The smallest absolute Gasteiger partial charge is 0.228 e. The van der Waals surface area contributed by atoms with Crippen molar-refractivity contribution in [3.8, 4) is 0 Å². The van der Waals surface area contributed by atoms with Crippen LogP contribution in [0.3, 0.4) is 0 Å². The molecule has 0 atom stereocenters. The van der Waals surface area contributed by atoms with E-state index in [-0.39, 0.29) is 18.2 Å². The molecule has 2 N–H and O–H groups in total. The van der Waals surface area contributed by atoms with Gasteiger partial charge < -0.3 is 10.6 Å². The van der Waals surface area contributed by atoms with Crippen LogP contribution in [0.5, 0.6) is 0 Å². The van der Waals surface area contributed by atoms with E-state index < -0.39 is 0 Å². The first kappa shape index (κ1) is 19.3. The van der Waals surface area contributed by atoms with Crippen molar-refractivity contribution in [2.24, 2.45) is 5.92 Å². The molecule has 2 rings (SSSR count). The summed E-state index contributed by atoms with van der Waals surface area (Å²) in [5.74, 6) is 0.0573. The number of amides is 2. The van der Waals surface area contributed by atoms with Crippen molar-refractivity contribution >= 4 is 46.4 Å². The van der Waals surface area contributed by atoms with E-state index in [1.54, 1.807) is 42.5 Å². The summed E-state index contributed by atoms with van der Waals surface area (Å²) in [7, 11) is 0. The zero-order valence-corrected chi connectivity index (χ0v) is 15.6. The molecule has 2 aromatic carbocycles. The second-order valence-corrected chi connectivity index (χ2v) is 6.96. The number of halogens is 2. The molecule has 0 aromatic heterocycles. The minimum Gasteiger partial charge on any atom is -0.326 e. The number of carbonyl (C=O) groups is 2. The average Bonchev–Trinajstić information content (AvgIpc) is 2.52. The molecule has 0 unspecified atom stereocenters. The molecule has 6 heteroatoms. The molecular weight excluding hydrogens is 359 g/mol.